The van der Waals surface area contributed by atoms with Crippen molar-refractivity contribution >= 4 is 47.7 Å². The normalized spacial score (nSPS) is 29.7. The van der Waals surface area contributed by atoms with E-state index < -0.39 is 0 Å². The number of nitrogens with one attached hydrogen (secondary N) is 2. The minimum atomic E-state index is -0.154. The van der Waals surface area contributed by atoms with Crippen LogP contribution in [-0.4, -0.2) is 73.3 Å². The summed E-state index contributed by atoms with van der Waals surface area (Å²) in [6, 6.07) is 0.343. The van der Waals surface area contributed by atoms with Gasteiger partial charge in [0.25, 0.3) is 0 Å². The minimum absolute atomic E-state index is 0. The Balaban J connectivity index is 0.00000272. The zero-order chi connectivity index (χ0) is 21.3. The highest BCUT2D eigenvalue weighted by Gasteiger charge is 2.58. The summed E-state index contributed by atoms with van der Waals surface area (Å²) in [5.74, 6) is 0.624. The maximum atomic E-state index is 12.8. The number of halogens is 1. The summed E-state index contributed by atoms with van der Waals surface area (Å²) in [5, 5.41) is 6.67. The van der Waals surface area contributed by atoms with Gasteiger partial charge in [-0.05, 0) is 31.1 Å². The highest BCUT2D eigenvalue weighted by molar-refractivity contribution is 14.0. The van der Waals surface area contributed by atoms with Gasteiger partial charge >= 0.3 is 0 Å². The predicted octanol–water partition coefficient (Wildman–Crippen LogP) is 1.37. The molecule has 0 radical (unpaired) electrons. The molecule has 8 nitrogen and oxygen atoms in total. The standard InChI is InChI=1S/C22H33N5O3.HI/c1-26(2)17(28)13-24-22(25-16-6-4-3-5-7-16)23-10-11-27-20(29)18-14-8-9-15(12-14)19(18)21(27)30;/h8-9,14-16,18-19H,3-7,10-13H2,1-2H3,(H2,23,24,25);1H. The summed E-state index contributed by atoms with van der Waals surface area (Å²) >= 11 is 0. The molecule has 3 fully saturated rings. The average molecular weight is 543 g/mol. The molecule has 172 valence electrons. The highest BCUT2D eigenvalue weighted by Crippen LogP contribution is 2.52. The van der Waals surface area contributed by atoms with E-state index in [4.69, 9.17) is 0 Å². The quantitative estimate of drug-likeness (QED) is 0.174. The molecule has 0 aromatic rings. The Hall–Kier alpha value is -1.65. The Labute approximate surface area is 201 Å². The zero-order valence-corrected chi connectivity index (χ0v) is 20.7. The lowest BCUT2D eigenvalue weighted by molar-refractivity contribution is -0.140. The maximum Gasteiger partial charge on any atom is 0.243 e. The van der Waals surface area contributed by atoms with Crippen LogP contribution in [0.5, 0.6) is 0 Å². The molecule has 9 heteroatoms. The smallest absolute Gasteiger partial charge is 0.243 e. The van der Waals surface area contributed by atoms with Crippen LogP contribution in [0.4, 0.5) is 0 Å². The Morgan fingerprint density at radius 1 is 1.10 bits per heavy atom. The van der Waals surface area contributed by atoms with E-state index in [9.17, 15) is 14.4 Å². The van der Waals surface area contributed by atoms with Crippen molar-refractivity contribution in [3.8, 4) is 0 Å². The molecule has 0 aromatic carbocycles. The molecule has 0 spiro atoms. The Kier molecular flexibility index (Phi) is 7.98. The Morgan fingerprint density at radius 3 is 2.29 bits per heavy atom. The molecular formula is C22H34IN5O3. The molecular weight excluding hydrogens is 509 g/mol. The van der Waals surface area contributed by atoms with Gasteiger partial charge in [0.2, 0.25) is 17.7 Å². The number of allylic oxidation sites excluding steroid dienone is 2. The molecule has 4 rings (SSSR count). The van der Waals surface area contributed by atoms with Crippen molar-refractivity contribution in [1.82, 2.24) is 20.4 Å². The molecule has 3 amide bonds. The summed E-state index contributed by atoms with van der Waals surface area (Å²) in [4.78, 5) is 45.0. The van der Waals surface area contributed by atoms with Crippen molar-refractivity contribution in [3.05, 3.63) is 12.2 Å². The van der Waals surface area contributed by atoms with Gasteiger partial charge in [-0.15, -0.1) is 24.0 Å². The molecule has 3 aliphatic carbocycles. The third-order valence-electron chi connectivity index (χ3n) is 7.01. The molecule has 2 saturated carbocycles. The van der Waals surface area contributed by atoms with E-state index >= 15 is 0 Å². The highest BCUT2D eigenvalue weighted by atomic mass is 127. The lowest BCUT2D eigenvalue weighted by Gasteiger charge is -2.25. The number of fused-ring (bicyclic) bond motifs is 5. The molecule has 2 bridgehead atoms. The first-order valence-corrected chi connectivity index (χ1v) is 11.2. The second kappa shape index (κ2) is 10.3. The van der Waals surface area contributed by atoms with Gasteiger partial charge in [-0.1, -0.05) is 31.4 Å². The molecule has 1 aliphatic heterocycles. The van der Waals surface area contributed by atoms with Crippen molar-refractivity contribution < 1.29 is 14.4 Å². The fraction of sp³-hybridized carbons (Fsp3) is 0.727. The molecule has 4 aliphatic rings. The van der Waals surface area contributed by atoms with E-state index in [1.165, 1.54) is 29.1 Å². The summed E-state index contributed by atoms with van der Waals surface area (Å²) in [5.41, 5.74) is 0. The van der Waals surface area contributed by atoms with Crippen LogP contribution in [0.15, 0.2) is 17.1 Å². The van der Waals surface area contributed by atoms with Crippen LogP contribution in [0.25, 0.3) is 0 Å². The molecule has 4 unspecified atom stereocenters. The van der Waals surface area contributed by atoms with E-state index in [2.05, 4.69) is 27.8 Å². The largest absolute Gasteiger partial charge is 0.355 e. The van der Waals surface area contributed by atoms with Crippen LogP contribution >= 0.6 is 24.0 Å². The number of rotatable bonds is 6. The van der Waals surface area contributed by atoms with Gasteiger partial charge in [0.05, 0.1) is 11.8 Å². The topological polar surface area (TPSA) is 94.1 Å². The van der Waals surface area contributed by atoms with Crippen LogP contribution < -0.4 is 10.6 Å². The number of nitrogens with zero attached hydrogens (tertiary/aromatic N) is 3. The van der Waals surface area contributed by atoms with E-state index in [1.54, 1.807) is 14.1 Å². The Bertz CT molecular complexity index is 732. The van der Waals surface area contributed by atoms with Crippen molar-refractivity contribution in [2.45, 2.75) is 44.6 Å². The number of imide groups is 1. The van der Waals surface area contributed by atoms with Gasteiger partial charge in [-0.3, -0.25) is 19.3 Å². The van der Waals surface area contributed by atoms with Crippen molar-refractivity contribution in [1.29, 1.82) is 0 Å². The second-order valence-corrected chi connectivity index (χ2v) is 9.19. The summed E-state index contributed by atoms with van der Waals surface area (Å²) in [7, 11) is 3.42. The lowest BCUT2D eigenvalue weighted by Crippen LogP contribution is -2.47. The van der Waals surface area contributed by atoms with Gasteiger partial charge in [-0.2, -0.15) is 0 Å². The molecule has 2 N–H and O–H groups in total. The fourth-order valence-electron chi connectivity index (χ4n) is 5.35. The maximum absolute atomic E-state index is 12.8. The van der Waals surface area contributed by atoms with Gasteiger partial charge < -0.3 is 15.5 Å². The predicted molar refractivity (Wildman–Crippen MR) is 129 cm³/mol. The number of carbonyl (C=O) groups is 3. The number of guanidine groups is 1. The van der Waals surface area contributed by atoms with E-state index in [0.717, 1.165) is 19.3 Å². The number of likely N-dealkylation sites (tertiary alicyclic amines) is 1. The minimum Gasteiger partial charge on any atom is -0.355 e. The van der Waals surface area contributed by atoms with E-state index in [0.29, 0.717) is 25.1 Å². The lowest BCUT2D eigenvalue weighted by atomic mass is 9.85. The molecule has 1 heterocycles. The first-order chi connectivity index (χ1) is 14.5. The van der Waals surface area contributed by atoms with Crippen molar-refractivity contribution in [2.24, 2.45) is 28.7 Å². The summed E-state index contributed by atoms with van der Waals surface area (Å²) in [6.45, 7) is 0.821. The van der Waals surface area contributed by atoms with Gasteiger partial charge in [0, 0.05) is 33.2 Å². The molecule has 31 heavy (non-hydrogen) atoms. The molecule has 1 saturated heterocycles. The monoisotopic (exact) mass is 543 g/mol. The van der Waals surface area contributed by atoms with Crippen molar-refractivity contribution in [3.63, 3.8) is 0 Å². The Morgan fingerprint density at radius 2 is 1.71 bits per heavy atom. The van der Waals surface area contributed by atoms with E-state index in [-0.39, 0.29) is 71.9 Å². The van der Waals surface area contributed by atoms with Gasteiger partial charge in [0.15, 0.2) is 5.96 Å². The van der Waals surface area contributed by atoms with Crippen molar-refractivity contribution in [2.75, 3.05) is 33.7 Å². The van der Waals surface area contributed by atoms with Crippen LogP contribution in [0, 0.1) is 23.7 Å². The van der Waals surface area contributed by atoms with Crippen LogP contribution in [0.2, 0.25) is 0 Å². The SMILES string of the molecule is CN(C)C(=O)CN=C(NCCN1C(=O)C2C3C=CC(C3)C2C1=O)NC1CCCCC1.I. The summed E-state index contributed by atoms with van der Waals surface area (Å²) < 4.78 is 0. The van der Waals surface area contributed by atoms with Crippen LogP contribution in [0.3, 0.4) is 0 Å². The molecule has 0 aromatic heterocycles. The average Bonchev–Trinajstić information content (AvgIpc) is 3.42. The number of likely N-dealkylation sites (N-methyl/N-ethyl adjacent to an activating group) is 1. The number of hydrogen-bond donors (Lipinski definition) is 2. The van der Waals surface area contributed by atoms with E-state index in [1.807, 2.05) is 0 Å². The third-order valence-corrected chi connectivity index (χ3v) is 7.01. The number of hydrogen-bond acceptors (Lipinski definition) is 4. The zero-order valence-electron chi connectivity index (χ0n) is 18.4. The first-order valence-electron chi connectivity index (χ1n) is 11.2. The van der Waals surface area contributed by atoms with Crippen LogP contribution in [0.1, 0.15) is 38.5 Å². The fourth-order valence-corrected chi connectivity index (χ4v) is 5.35. The second-order valence-electron chi connectivity index (χ2n) is 9.19. The van der Waals surface area contributed by atoms with Crippen LogP contribution in [-0.2, 0) is 14.4 Å². The number of amides is 3. The first kappa shape index (κ1) is 24.0. The third kappa shape index (κ3) is 5.06. The summed E-state index contributed by atoms with van der Waals surface area (Å²) in [6.07, 6.45) is 11.0. The van der Waals surface area contributed by atoms with Gasteiger partial charge in [0.1, 0.15) is 6.54 Å². The number of aliphatic imine (C=N–C) groups is 1. The molecule has 4 atom stereocenters. The van der Waals surface area contributed by atoms with Gasteiger partial charge in [-0.25, -0.2) is 4.99 Å². The number of carbonyl (C=O) groups excluding carboxylic acids is 3.